The molecule has 1 aromatic rings. The molecule has 1 aromatic carbocycles. The van der Waals surface area contributed by atoms with Crippen molar-refractivity contribution in [3.63, 3.8) is 0 Å². The normalized spacial score (nSPS) is 16.9. The summed E-state index contributed by atoms with van der Waals surface area (Å²) >= 11 is 5.68. The molecular weight excluding hydrogens is 305 g/mol. The van der Waals surface area contributed by atoms with Gasteiger partial charge in [-0.3, -0.25) is 0 Å². The summed E-state index contributed by atoms with van der Waals surface area (Å²) in [6, 6.07) is 2.63. The van der Waals surface area contributed by atoms with Crippen molar-refractivity contribution in [2.45, 2.75) is 25.9 Å². The Morgan fingerprint density at radius 2 is 1.90 bits per heavy atom. The second-order valence-corrected chi connectivity index (χ2v) is 5.76. The summed E-state index contributed by atoms with van der Waals surface area (Å²) in [6.45, 7) is 3.33. The Labute approximate surface area is 126 Å². The molecule has 0 atom stereocenters. The largest absolute Gasteiger partial charge is 0.416 e. The Bertz CT molecular complexity index is 525. The van der Waals surface area contributed by atoms with Gasteiger partial charge in [0.2, 0.25) is 0 Å². The minimum absolute atomic E-state index is 0.0541. The molecule has 7 heteroatoms. The fraction of sp³-hybridized carbons (Fsp3) is 0.500. The van der Waals surface area contributed by atoms with Crippen LogP contribution >= 0.6 is 11.6 Å². The van der Waals surface area contributed by atoms with Gasteiger partial charge >= 0.3 is 12.2 Å². The van der Waals surface area contributed by atoms with E-state index in [1.54, 1.807) is 4.90 Å². The van der Waals surface area contributed by atoms with Crippen LogP contribution in [0.25, 0.3) is 0 Å². The van der Waals surface area contributed by atoms with Gasteiger partial charge < -0.3 is 10.2 Å². The number of anilines is 1. The zero-order chi connectivity index (χ0) is 15.6. The molecule has 1 heterocycles. The maximum Gasteiger partial charge on any atom is 0.416 e. The minimum atomic E-state index is -4.50. The molecule has 0 aromatic heterocycles. The SMILES string of the molecule is CC1CCN(C(=O)Nc2cc(Cl)cc(C(F)(F)F)c2)CC1. The van der Waals surface area contributed by atoms with Crippen LogP contribution in [0.3, 0.4) is 0 Å². The lowest BCUT2D eigenvalue weighted by molar-refractivity contribution is -0.137. The quantitative estimate of drug-likeness (QED) is 0.804. The molecule has 2 amide bonds. The fourth-order valence-electron chi connectivity index (χ4n) is 2.24. The highest BCUT2D eigenvalue weighted by Gasteiger charge is 2.31. The van der Waals surface area contributed by atoms with Gasteiger partial charge in [-0.1, -0.05) is 18.5 Å². The van der Waals surface area contributed by atoms with E-state index in [4.69, 9.17) is 11.6 Å². The predicted molar refractivity (Wildman–Crippen MR) is 75.4 cm³/mol. The number of nitrogens with one attached hydrogen (secondary N) is 1. The van der Waals surface area contributed by atoms with Gasteiger partial charge in [-0.15, -0.1) is 0 Å². The van der Waals surface area contributed by atoms with Crippen LogP contribution in [-0.4, -0.2) is 24.0 Å². The second kappa shape index (κ2) is 6.13. The summed E-state index contributed by atoms with van der Waals surface area (Å²) < 4.78 is 38.1. The van der Waals surface area contributed by atoms with E-state index in [0.29, 0.717) is 19.0 Å². The molecule has 0 bridgehead atoms. The molecule has 21 heavy (non-hydrogen) atoms. The molecule has 2 rings (SSSR count). The van der Waals surface area contributed by atoms with E-state index >= 15 is 0 Å². The van der Waals surface area contributed by atoms with E-state index in [0.717, 1.165) is 25.0 Å². The van der Waals surface area contributed by atoms with Gasteiger partial charge in [0.1, 0.15) is 0 Å². The monoisotopic (exact) mass is 320 g/mol. The van der Waals surface area contributed by atoms with Gasteiger partial charge in [-0.25, -0.2) is 4.79 Å². The van der Waals surface area contributed by atoms with Crippen LogP contribution < -0.4 is 5.32 Å². The molecule has 0 unspecified atom stereocenters. The van der Waals surface area contributed by atoms with Crippen molar-refractivity contribution in [2.75, 3.05) is 18.4 Å². The number of hydrogen-bond donors (Lipinski definition) is 1. The van der Waals surface area contributed by atoms with Crippen LogP contribution in [0.15, 0.2) is 18.2 Å². The lowest BCUT2D eigenvalue weighted by Gasteiger charge is -2.30. The highest BCUT2D eigenvalue weighted by molar-refractivity contribution is 6.31. The Morgan fingerprint density at radius 1 is 1.29 bits per heavy atom. The number of amides is 2. The molecule has 116 valence electrons. The summed E-state index contributed by atoms with van der Waals surface area (Å²) in [5.41, 5.74) is -0.823. The standard InChI is InChI=1S/C14H16ClF3N2O/c1-9-2-4-20(5-3-9)13(21)19-12-7-10(14(16,17)18)6-11(15)8-12/h6-9H,2-5H2,1H3,(H,19,21). The van der Waals surface area contributed by atoms with Crippen LogP contribution in [0.2, 0.25) is 5.02 Å². The number of nitrogens with zero attached hydrogens (tertiary/aromatic N) is 1. The van der Waals surface area contributed by atoms with Crippen molar-refractivity contribution in [2.24, 2.45) is 5.92 Å². The van der Waals surface area contributed by atoms with Gasteiger partial charge in [-0.2, -0.15) is 13.2 Å². The average molecular weight is 321 g/mol. The number of piperidine rings is 1. The van der Waals surface area contributed by atoms with Crippen molar-refractivity contribution in [3.8, 4) is 0 Å². The Balaban J connectivity index is 2.09. The molecule has 1 fully saturated rings. The highest BCUT2D eigenvalue weighted by atomic mass is 35.5. The number of halogens is 4. The third-order valence-electron chi connectivity index (χ3n) is 3.55. The van der Waals surface area contributed by atoms with Gasteiger partial charge in [0.15, 0.2) is 0 Å². The third kappa shape index (κ3) is 4.27. The maximum absolute atomic E-state index is 12.7. The zero-order valence-corrected chi connectivity index (χ0v) is 12.3. The van der Waals surface area contributed by atoms with E-state index < -0.39 is 17.8 Å². The van der Waals surface area contributed by atoms with Crippen molar-refractivity contribution in [3.05, 3.63) is 28.8 Å². The first-order valence-corrected chi connectivity index (χ1v) is 7.07. The molecule has 0 aliphatic carbocycles. The smallest absolute Gasteiger partial charge is 0.325 e. The Hall–Kier alpha value is -1.43. The lowest BCUT2D eigenvalue weighted by atomic mass is 10.00. The van der Waals surface area contributed by atoms with E-state index in [1.165, 1.54) is 6.07 Å². The van der Waals surface area contributed by atoms with E-state index in [1.807, 2.05) is 0 Å². The summed E-state index contributed by atoms with van der Waals surface area (Å²) in [4.78, 5) is 13.6. The number of benzene rings is 1. The van der Waals surface area contributed by atoms with Crippen LogP contribution in [-0.2, 0) is 6.18 Å². The summed E-state index contributed by atoms with van der Waals surface area (Å²) in [5, 5.41) is 2.42. The van der Waals surface area contributed by atoms with Crippen molar-refractivity contribution in [1.29, 1.82) is 0 Å². The summed E-state index contributed by atoms with van der Waals surface area (Å²) in [5.74, 6) is 0.567. The maximum atomic E-state index is 12.7. The fourth-order valence-corrected chi connectivity index (χ4v) is 2.47. The first kappa shape index (κ1) is 15.9. The van der Waals surface area contributed by atoms with Gasteiger partial charge in [0.05, 0.1) is 5.56 Å². The minimum Gasteiger partial charge on any atom is -0.325 e. The molecular formula is C14H16ClF3N2O. The molecule has 0 radical (unpaired) electrons. The van der Waals surface area contributed by atoms with Crippen LogP contribution in [0.5, 0.6) is 0 Å². The number of urea groups is 1. The van der Waals surface area contributed by atoms with Gasteiger partial charge in [0, 0.05) is 23.8 Å². The van der Waals surface area contributed by atoms with Crippen molar-refractivity contribution >= 4 is 23.3 Å². The highest BCUT2D eigenvalue weighted by Crippen LogP contribution is 2.33. The molecule has 0 saturated carbocycles. The number of rotatable bonds is 1. The molecule has 1 saturated heterocycles. The van der Waals surface area contributed by atoms with Crippen molar-refractivity contribution < 1.29 is 18.0 Å². The molecule has 0 spiro atoms. The van der Waals surface area contributed by atoms with E-state index in [9.17, 15) is 18.0 Å². The number of alkyl halides is 3. The van der Waals surface area contributed by atoms with Gasteiger partial charge in [0.25, 0.3) is 0 Å². The molecule has 1 aliphatic heterocycles. The van der Waals surface area contributed by atoms with Crippen LogP contribution in [0, 0.1) is 5.92 Å². The Morgan fingerprint density at radius 3 is 2.48 bits per heavy atom. The van der Waals surface area contributed by atoms with Crippen LogP contribution in [0.4, 0.5) is 23.7 Å². The lowest BCUT2D eigenvalue weighted by Crippen LogP contribution is -2.40. The molecule has 1 aliphatic rings. The predicted octanol–water partition coefficient (Wildman–Crippen LogP) is 4.62. The molecule has 3 nitrogen and oxygen atoms in total. The summed E-state index contributed by atoms with van der Waals surface area (Å²) in [7, 11) is 0. The second-order valence-electron chi connectivity index (χ2n) is 5.33. The Kier molecular flexibility index (Phi) is 4.66. The third-order valence-corrected chi connectivity index (χ3v) is 3.77. The number of carbonyl (C=O) groups excluding carboxylic acids is 1. The first-order valence-electron chi connectivity index (χ1n) is 6.69. The number of likely N-dealkylation sites (tertiary alicyclic amines) is 1. The van der Waals surface area contributed by atoms with E-state index in [-0.39, 0.29) is 10.7 Å². The molecule has 1 N–H and O–H groups in total. The summed E-state index contributed by atoms with van der Waals surface area (Å²) in [6.07, 6.45) is -2.70. The topological polar surface area (TPSA) is 32.3 Å². The first-order chi connectivity index (χ1) is 9.75. The van der Waals surface area contributed by atoms with Crippen LogP contribution in [0.1, 0.15) is 25.3 Å². The number of carbonyl (C=O) groups is 1. The number of hydrogen-bond acceptors (Lipinski definition) is 1. The van der Waals surface area contributed by atoms with Gasteiger partial charge in [-0.05, 0) is 37.0 Å². The zero-order valence-electron chi connectivity index (χ0n) is 11.5. The van der Waals surface area contributed by atoms with Crippen molar-refractivity contribution in [1.82, 2.24) is 4.90 Å². The van der Waals surface area contributed by atoms with E-state index in [2.05, 4.69) is 12.2 Å². The average Bonchev–Trinajstić information content (AvgIpc) is 2.37.